The van der Waals surface area contributed by atoms with Crippen LogP contribution in [0.2, 0.25) is 0 Å². The molecule has 1 aromatic rings. The zero-order valence-electron chi connectivity index (χ0n) is 18.4. The number of aromatic nitrogens is 3. The highest BCUT2D eigenvalue weighted by molar-refractivity contribution is 7.89. The second kappa shape index (κ2) is 8.47. The standard InChI is InChI=1S/C19H32N6O5S/c1-11(31(20,29)30)8-21-17(27)15-7-13(26)9-24(15)18(28)16(19(2,3)4)25-10-14(22-23-25)12-5-6-12/h10-13,15-16,26H,5-9H2,1-4H3,(H,21,27)(H2,20,29,30)/t11?,13?,15?,16-/m1/s1. The van der Waals surface area contributed by atoms with E-state index in [-0.39, 0.29) is 25.4 Å². The second-order valence-corrected chi connectivity index (χ2v) is 11.7. The van der Waals surface area contributed by atoms with Gasteiger partial charge in [0.25, 0.3) is 0 Å². The molecule has 1 aliphatic carbocycles. The Morgan fingerprint density at radius 2 is 2.00 bits per heavy atom. The van der Waals surface area contributed by atoms with Crippen LogP contribution < -0.4 is 10.5 Å². The number of rotatable bonds is 7. The summed E-state index contributed by atoms with van der Waals surface area (Å²) in [5.41, 5.74) is 0.331. The predicted octanol–water partition coefficient (Wildman–Crippen LogP) is -0.502. The van der Waals surface area contributed by atoms with Gasteiger partial charge in [0.15, 0.2) is 0 Å². The Bertz CT molecular complexity index is 936. The Kier molecular flexibility index (Phi) is 6.45. The number of sulfonamides is 1. The molecule has 2 fully saturated rings. The van der Waals surface area contributed by atoms with E-state index in [2.05, 4.69) is 15.6 Å². The van der Waals surface area contributed by atoms with Crippen molar-refractivity contribution in [2.45, 2.75) is 76.3 Å². The van der Waals surface area contributed by atoms with Gasteiger partial charge in [0.1, 0.15) is 12.1 Å². The van der Waals surface area contributed by atoms with Crippen molar-refractivity contribution in [2.24, 2.45) is 10.6 Å². The lowest BCUT2D eigenvalue weighted by Crippen LogP contribution is -2.51. The van der Waals surface area contributed by atoms with Crippen molar-refractivity contribution in [3.63, 3.8) is 0 Å². The molecule has 2 amide bonds. The quantitative estimate of drug-likeness (QED) is 0.498. The number of nitrogens with two attached hydrogens (primary N) is 1. The molecule has 0 bridgehead atoms. The molecule has 1 aromatic heterocycles. The smallest absolute Gasteiger partial charge is 0.248 e. The normalized spacial score (nSPS) is 24.1. The zero-order chi connectivity index (χ0) is 23.1. The third kappa shape index (κ3) is 5.42. The third-order valence-electron chi connectivity index (χ3n) is 5.83. The van der Waals surface area contributed by atoms with E-state index in [4.69, 9.17) is 5.14 Å². The number of aliphatic hydroxyl groups is 1. The van der Waals surface area contributed by atoms with Crippen LogP contribution in [0.4, 0.5) is 0 Å². The first kappa shape index (κ1) is 23.6. The molecule has 0 radical (unpaired) electrons. The van der Waals surface area contributed by atoms with Gasteiger partial charge in [-0.05, 0) is 25.2 Å². The summed E-state index contributed by atoms with van der Waals surface area (Å²) in [6, 6.07) is -1.62. The van der Waals surface area contributed by atoms with Crippen molar-refractivity contribution in [1.82, 2.24) is 25.2 Å². The molecule has 1 saturated carbocycles. The van der Waals surface area contributed by atoms with Gasteiger partial charge < -0.3 is 15.3 Å². The Morgan fingerprint density at radius 3 is 2.55 bits per heavy atom. The van der Waals surface area contributed by atoms with Gasteiger partial charge in [-0.15, -0.1) is 5.10 Å². The van der Waals surface area contributed by atoms with Gasteiger partial charge in [-0.2, -0.15) is 0 Å². The lowest BCUT2D eigenvalue weighted by molar-refractivity contribution is -0.144. The molecule has 2 heterocycles. The maximum absolute atomic E-state index is 13.6. The maximum atomic E-state index is 13.6. The van der Waals surface area contributed by atoms with E-state index in [0.29, 0.717) is 5.92 Å². The number of nitrogens with zero attached hydrogens (tertiary/aromatic N) is 4. The number of nitrogens with one attached hydrogen (secondary N) is 1. The van der Waals surface area contributed by atoms with Crippen LogP contribution in [-0.4, -0.2) is 75.7 Å². The molecule has 4 atom stereocenters. The Morgan fingerprint density at radius 1 is 1.35 bits per heavy atom. The number of carbonyl (C=O) groups excluding carboxylic acids is 2. The first-order chi connectivity index (χ1) is 14.3. The van der Waals surface area contributed by atoms with E-state index >= 15 is 0 Å². The molecular formula is C19H32N6O5S. The highest BCUT2D eigenvalue weighted by Crippen LogP contribution is 2.40. The first-order valence-electron chi connectivity index (χ1n) is 10.5. The highest BCUT2D eigenvalue weighted by Gasteiger charge is 2.45. The number of β-amino-alcohol motifs (C(OH)–C–C–N with tert-alkyl or cyclic N) is 1. The van der Waals surface area contributed by atoms with Gasteiger partial charge in [-0.1, -0.05) is 26.0 Å². The minimum Gasteiger partial charge on any atom is -0.391 e. The van der Waals surface area contributed by atoms with Crippen LogP contribution in [0.5, 0.6) is 0 Å². The van der Waals surface area contributed by atoms with E-state index in [0.717, 1.165) is 18.5 Å². The van der Waals surface area contributed by atoms with Gasteiger partial charge in [0, 0.05) is 31.6 Å². The minimum absolute atomic E-state index is 0.0123. The topological polar surface area (TPSA) is 161 Å². The lowest BCUT2D eigenvalue weighted by Gasteiger charge is -2.34. The van der Waals surface area contributed by atoms with Crippen molar-refractivity contribution in [1.29, 1.82) is 0 Å². The molecule has 31 heavy (non-hydrogen) atoms. The van der Waals surface area contributed by atoms with Crippen LogP contribution in [0.25, 0.3) is 0 Å². The number of hydrogen-bond donors (Lipinski definition) is 3. The van der Waals surface area contributed by atoms with Crippen LogP contribution in [0.1, 0.15) is 64.6 Å². The van der Waals surface area contributed by atoms with Crippen molar-refractivity contribution in [3.8, 4) is 0 Å². The summed E-state index contributed by atoms with van der Waals surface area (Å²) in [5.74, 6) is -0.473. The van der Waals surface area contributed by atoms with E-state index < -0.39 is 44.8 Å². The summed E-state index contributed by atoms with van der Waals surface area (Å²) in [6.45, 7) is 6.94. The molecule has 1 aliphatic heterocycles. The van der Waals surface area contributed by atoms with E-state index in [1.165, 1.54) is 11.8 Å². The Balaban J connectivity index is 1.79. The summed E-state index contributed by atoms with van der Waals surface area (Å²) in [4.78, 5) is 27.7. The summed E-state index contributed by atoms with van der Waals surface area (Å²) in [7, 11) is -3.79. The summed E-state index contributed by atoms with van der Waals surface area (Å²) >= 11 is 0. The number of primary sulfonamides is 1. The molecular weight excluding hydrogens is 424 g/mol. The number of hydrogen-bond acceptors (Lipinski definition) is 7. The molecule has 0 spiro atoms. The second-order valence-electron chi connectivity index (χ2n) is 9.71. The molecule has 4 N–H and O–H groups in total. The van der Waals surface area contributed by atoms with Crippen molar-refractivity contribution in [2.75, 3.05) is 13.1 Å². The number of carbonyl (C=O) groups is 2. The monoisotopic (exact) mass is 456 g/mol. The number of likely N-dealkylation sites (tertiary alicyclic amines) is 1. The molecule has 2 aliphatic rings. The zero-order valence-corrected chi connectivity index (χ0v) is 19.2. The van der Waals surface area contributed by atoms with Crippen molar-refractivity contribution >= 4 is 21.8 Å². The average molecular weight is 457 g/mol. The summed E-state index contributed by atoms with van der Waals surface area (Å²) in [6.07, 6.45) is 3.13. The molecule has 12 heteroatoms. The van der Waals surface area contributed by atoms with E-state index in [1.807, 2.05) is 20.8 Å². The van der Waals surface area contributed by atoms with Crippen LogP contribution in [-0.2, 0) is 19.6 Å². The van der Waals surface area contributed by atoms with Crippen molar-refractivity contribution in [3.05, 3.63) is 11.9 Å². The van der Waals surface area contributed by atoms with E-state index in [9.17, 15) is 23.1 Å². The fraction of sp³-hybridized carbons (Fsp3) is 0.789. The largest absolute Gasteiger partial charge is 0.391 e. The fourth-order valence-electron chi connectivity index (χ4n) is 3.80. The van der Waals surface area contributed by atoms with Gasteiger partial charge in [0.05, 0.1) is 17.0 Å². The molecule has 3 rings (SSSR count). The summed E-state index contributed by atoms with van der Waals surface area (Å²) < 4.78 is 24.4. The van der Waals surface area contributed by atoms with Crippen LogP contribution >= 0.6 is 0 Å². The SMILES string of the molecule is CC(CNC(=O)C1CC(O)CN1C(=O)[C@@H](n1cc(C2CC2)nn1)C(C)(C)C)S(N)(=O)=O. The van der Waals surface area contributed by atoms with Crippen LogP contribution in [0, 0.1) is 5.41 Å². The van der Waals surface area contributed by atoms with Gasteiger partial charge in [0.2, 0.25) is 21.8 Å². The Labute approximate surface area is 182 Å². The van der Waals surface area contributed by atoms with Gasteiger partial charge in [-0.25, -0.2) is 18.2 Å². The Hall–Kier alpha value is -2.05. The average Bonchev–Trinajstić information content (AvgIpc) is 3.25. The van der Waals surface area contributed by atoms with Crippen LogP contribution in [0.15, 0.2) is 6.20 Å². The summed E-state index contributed by atoms with van der Waals surface area (Å²) in [5, 5.41) is 25.3. The minimum atomic E-state index is -3.79. The highest BCUT2D eigenvalue weighted by atomic mass is 32.2. The predicted molar refractivity (Wildman–Crippen MR) is 112 cm³/mol. The molecule has 1 saturated heterocycles. The molecule has 0 aromatic carbocycles. The van der Waals surface area contributed by atoms with Gasteiger partial charge >= 0.3 is 0 Å². The first-order valence-corrected chi connectivity index (χ1v) is 12.1. The van der Waals surface area contributed by atoms with Crippen LogP contribution in [0.3, 0.4) is 0 Å². The number of amides is 2. The van der Waals surface area contributed by atoms with Crippen molar-refractivity contribution < 1.29 is 23.1 Å². The number of aliphatic hydroxyl groups excluding tert-OH is 1. The molecule has 174 valence electrons. The maximum Gasteiger partial charge on any atom is 0.248 e. The third-order valence-corrected chi connectivity index (χ3v) is 7.12. The van der Waals surface area contributed by atoms with Gasteiger partial charge in [-0.3, -0.25) is 9.59 Å². The fourth-order valence-corrected chi connectivity index (χ4v) is 4.12. The molecule has 11 nitrogen and oxygen atoms in total. The van der Waals surface area contributed by atoms with E-state index in [1.54, 1.807) is 10.9 Å². The molecule has 3 unspecified atom stereocenters. The lowest BCUT2D eigenvalue weighted by atomic mass is 9.85.